The van der Waals surface area contributed by atoms with Crippen molar-refractivity contribution in [2.24, 2.45) is 0 Å². The molecule has 0 bridgehead atoms. The van der Waals surface area contributed by atoms with Crippen LogP contribution in [-0.2, 0) is 0 Å². The Balaban J connectivity index is 2.01. The third-order valence-electron chi connectivity index (χ3n) is 3.12. The molecule has 16 heavy (non-hydrogen) atoms. The number of halogens is 1. The lowest BCUT2D eigenvalue weighted by Gasteiger charge is -2.22. The van der Waals surface area contributed by atoms with E-state index in [4.69, 9.17) is 4.74 Å². The van der Waals surface area contributed by atoms with Gasteiger partial charge >= 0.3 is 0 Å². The van der Waals surface area contributed by atoms with Gasteiger partial charge in [0, 0.05) is 0 Å². The largest absolute Gasteiger partial charge is 0.488 e. The highest BCUT2D eigenvalue weighted by molar-refractivity contribution is 5.29. The maximum Gasteiger partial charge on any atom is 0.165 e. The van der Waals surface area contributed by atoms with E-state index >= 15 is 0 Å². The number of rotatable bonds is 3. The van der Waals surface area contributed by atoms with Gasteiger partial charge in [-0.2, -0.15) is 0 Å². The van der Waals surface area contributed by atoms with Crippen LogP contribution in [0.3, 0.4) is 0 Å². The van der Waals surface area contributed by atoms with Crippen LogP contribution in [0.1, 0.15) is 31.2 Å². The highest BCUT2D eigenvalue weighted by atomic mass is 19.1. The van der Waals surface area contributed by atoms with Crippen molar-refractivity contribution in [3.8, 4) is 5.75 Å². The van der Waals surface area contributed by atoms with Gasteiger partial charge < -0.3 is 9.84 Å². The zero-order chi connectivity index (χ0) is 11.6. The Morgan fingerprint density at radius 3 is 2.75 bits per heavy atom. The summed E-state index contributed by atoms with van der Waals surface area (Å²) in [6.45, 7) is 2.07. The van der Waals surface area contributed by atoms with Gasteiger partial charge in [-0.15, -0.1) is 0 Å². The third kappa shape index (κ3) is 2.53. The normalized spacial score (nSPS) is 18.7. The lowest BCUT2D eigenvalue weighted by molar-refractivity contribution is 0.000314. The molecule has 2 rings (SSSR count). The van der Waals surface area contributed by atoms with Crippen LogP contribution in [0.4, 0.5) is 4.39 Å². The molecule has 0 heterocycles. The summed E-state index contributed by atoms with van der Waals surface area (Å²) in [5, 5.41) is 10.1. The fourth-order valence-electron chi connectivity index (χ4n) is 2.11. The molecule has 1 aliphatic rings. The summed E-state index contributed by atoms with van der Waals surface area (Å²) in [7, 11) is 0. The molecule has 0 aliphatic heterocycles. The number of hydrogen-bond donors (Lipinski definition) is 1. The van der Waals surface area contributed by atoms with Gasteiger partial charge in [-0.1, -0.05) is 18.9 Å². The van der Waals surface area contributed by atoms with Crippen molar-refractivity contribution in [1.82, 2.24) is 0 Å². The van der Waals surface area contributed by atoms with Gasteiger partial charge in [-0.3, -0.25) is 0 Å². The van der Waals surface area contributed by atoms with E-state index in [1.165, 1.54) is 6.07 Å². The smallest absolute Gasteiger partial charge is 0.165 e. The number of aryl methyl sites for hydroxylation is 1. The van der Waals surface area contributed by atoms with Crippen molar-refractivity contribution in [3.05, 3.63) is 29.6 Å². The Morgan fingerprint density at radius 1 is 1.38 bits per heavy atom. The minimum Gasteiger partial charge on any atom is -0.488 e. The Hall–Kier alpha value is -1.09. The van der Waals surface area contributed by atoms with Crippen LogP contribution in [0.25, 0.3) is 0 Å². The molecule has 0 saturated heterocycles. The molecule has 1 aromatic rings. The topological polar surface area (TPSA) is 29.5 Å². The van der Waals surface area contributed by atoms with Gasteiger partial charge in [0.15, 0.2) is 11.6 Å². The van der Waals surface area contributed by atoms with Gasteiger partial charge in [-0.25, -0.2) is 4.39 Å². The van der Waals surface area contributed by atoms with Crippen LogP contribution < -0.4 is 4.74 Å². The molecule has 0 aromatic heterocycles. The molecule has 1 N–H and O–H groups in total. The predicted octanol–water partition coefficient (Wildman–Crippen LogP) is 2.82. The fraction of sp³-hybridized carbons (Fsp3) is 0.538. The van der Waals surface area contributed by atoms with Crippen molar-refractivity contribution in [3.63, 3.8) is 0 Å². The average molecular weight is 224 g/mol. The Labute approximate surface area is 95.1 Å². The Bertz CT molecular complexity index is 370. The second-order valence-corrected chi connectivity index (χ2v) is 4.65. The quantitative estimate of drug-likeness (QED) is 0.855. The zero-order valence-corrected chi connectivity index (χ0v) is 9.50. The maximum absolute atomic E-state index is 13.4. The lowest BCUT2D eigenvalue weighted by Crippen LogP contribution is -2.32. The molecule has 88 valence electrons. The number of ether oxygens (including phenoxy) is 1. The minimum absolute atomic E-state index is 0.188. The van der Waals surface area contributed by atoms with Gasteiger partial charge in [0.05, 0.1) is 5.60 Å². The lowest BCUT2D eigenvalue weighted by atomic mass is 10.0. The van der Waals surface area contributed by atoms with Crippen LogP contribution in [0.5, 0.6) is 5.75 Å². The van der Waals surface area contributed by atoms with Gasteiger partial charge in [0.2, 0.25) is 0 Å². The summed E-state index contributed by atoms with van der Waals surface area (Å²) in [6, 6.07) is 4.75. The molecule has 1 fully saturated rings. The molecule has 0 atom stereocenters. The zero-order valence-electron chi connectivity index (χ0n) is 9.50. The first kappa shape index (κ1) is 11.4. The number of hydrogen-bond acceptors (Lipinski definition) is 2. The Kier molecular flexibility index (Phi) is 3.15. The van der Waals surface area contributed by atoms with E-state index in [9.17, 15) is 9.50 Å². The van der Waals surface area contributed by atoms with Crippen LogP contribution in [0.15, 0.2) is 18.2 Å². The molecule has 0 amide bonds. The van der Waals surface area contributed by atoms with Crippen molar-refractivity contribution >= 4 is 0 Å². The molecule has 0 spiro atoms. The third-order valence-corrected chi connectivity index (χ3v) is 3.12. The first-order chi connectivity index (χ1) is 7.59. The predicted molar refractivity (Wildman–Crippen MR) is 60.0 cm³/mol. The van der Waals surface area contributed by atoms with Crippen LogP contribution in [-0.4, -0.2) is 17.3 Å². The van der Waals surface area contributed by atoms with Crippen molar-refractivity contribution < 1.29 is 14.2 Å². The molecule has 0 radical (unpaired) electrons. The van der Waals surface area contributed by atoms with E-state index in [0.717, 1.165) is 31.2 Å². The van der Waals surface area contributed by atoms with E-state index in [1.54, 1.807) is 12.1 Å². The monoisotopic (exact) mass is 224 g/mol. The van der Waals surface area contributed by atoms with Crippen molar-refractivity contribution in [1.29, 1.82) is 0 Å². The average Bonchev–Trinajstić information content (AvgIpc) is 2.67. The summed E-state index contributed by atoms with van der Waals surface area (Å²) < 4.78 is 18.7. The summed E-state index contributed by atoms with van der Waals surface area (Å²) in [5.41, 5.74) is 0.200. The number of aliphatic hydroxyl groups is 1. The fourth-order valence-corrected chi connectivity index (χ4v) is 2.11. The van der Waals surface area contributed by atoms with Gasteiger partial charge in [0.25, 0.3) is 0 Å². The highest BCUT2D eigenvalue weighted by Gasteiger charge is 2.32. The maximum atomic E-state index is 13.4. The first-order valence-electron chi connectivity index (χ1n) is 5.70. The van der Waals surface area contributed by atoms with Crippen LogP contribution in [0.2, 0.25) is 0 Å². The van der Waals surface area contributed by atoms with E-state index in [1.807, 2.05) is 6.92 Å². The van der Waals surface area contributed by atoms with Crippen LogP contribution >= 0.6 is 0 Å². The molecule has 2 nitrogen and oxygen atoms in total. The summed E-state index contributed by atoms with van der Waals surface area (Å²) in [6.07, 6.45) is 3.55. The van der Waals surface area contributed by atoms with Gasteiger partial charge in [0.1, 0.15) is 6.61 Å². The molecule has 3 heteroatoms. The van der Waals surface area contributed by atoms with Gasteiger partial charge in [-0.05, 0) is 37.5 Å². The second kappa shape index (κ2) is 4.42. The highest BCUT2D eigenvalue weighted by Crippen LogP contribution is 2.30. The minimum atomic E-state index is -0.754. The van der Waals surface area contributed by atoms with Crippen molar-refractivity contribution in [2.45, 2.75) is 38.2 Å². The summed E-state index contributed by atoms with van der Waals surface area (Å²) in [5.74, 6) is -0.132. The summed E-state index contributed by atoms with van der Waals surface area (Å²) >= 11 is 0. The summed E-state index contributed by atoms with van der Waals surface area (Å²) in [4.78, 5) is 0. The first-order valence-corrected chi connectivity index (χ1v) is 5.70. The molecule has 0 unspecified atom stereocenters. The molecular weight excluding hydrogens is 207 g/mol. The Morgan fingerprint density at radius 2 is 2.06 bits per heavy atom. The molecular formula is C13H17FO2. The second-order valence-electron chi connectivity index (χ2n) is 4.65. The van der Waals surface area contributed by atoms with E-state index in [-0.39, 0.29) is 18.2 Å². The molecule has 1 aromatic carbocycles. The molecule has 1 saturated carbocycles. The number of benzene rings is 1. The van der Waals surface area contributed by atoms with E-state index in [0.29, 0.717) is 0 Å². The van der Waals surface area contributed by atoms with E-state index < -0.39 is 5.60 Å². The van der Waals surface area contributed by atoms with E-state index in [2.05, 4.69) is 0 Å². The molecule has 1 aliphatic carbocycles. The van der Waals surface area contributed by atoms with Crippen LogP contribution in [0, 0.1) is 12.7 Å². The standard InChI is InChI=1S/C13H17FO2/c1-10-4-5-11(14)12(8-10)16-9-13(15)6-2-3-7-13/h4-5,8,15H,2-3,6-7,9H2,1H3. The SMILES string of the molecule is Cc1ccc(F)c(OCC2(O)CCCC2)c1. The van der Waals surface area contributed by atoms with Crippen molar-refractivity contribution in [2.75, 3.05) is 6.61 Å².